The molecule has 0 bridgehead atoms. The summed E-state index contributed by atoms with van der Waals surface area (Å²) >= 11 is 0. The minimum Gasteiger partial charge on any atom is -0.407 e. The van der Waals surface area contributed by atoms with E-state index in [1.165, 1.54) is 10.4 Å². The Hall–Kier alpha value is -1.95. The molecule has 3 rings (SSSR count). The highest BCUT2D eigenvalue weighted by atomic mass is 28.4. The van der Waals surface area contributed by atoms with Crippen molar-refractivity contribution in [3.05, 3.63) is 60.7 Å². The van der Waals surface area contributed by atoms with Gasteiger partial charge in [-0.1, -0.05) is 81.4 Å². The number of carbonyl (C=O) groups is 1. The molecule has 1 aliphatic heterocycles. The summed E-state index contributed by atoms with van der Waals surface area (Å²) in [7, 11) is -2.52. The SMILES string of the molecule is CC1OCC(CCO[Si](c2ccccc2)(c2ccccc2)C(C)(C)C)NC1=O. The zero-order valence-electron chi connectivity index (χ0n) is 17.3. The lowest BCUT2D eigenvalue weighted by atomic mass is 10.2. The van der Waals surface area contributed by atoms with Crippen molar-refractivity contribution < 1.29 is 14.0 Å². The van der Waals surface area contributed by atoms with Crippen molar-refractivity contribution >= 4 is 24.6 Å². The first-order valence-electron chi connectivity index (χ1n) is 10.0. The van der Waals surface area contributed by atoms with Crippen molar-refractivity contribution in [1.82, 2.24) is 5.32 Å². The van der Waals surface area contributed by atoms with E-state index in [2.05, 4.69) is 74.6 Å². The second-order valence-electron chi connectivity index (χ2n) is 8.48. The number of carbonyl (C=O) groups excluding carboxylic acids is 1. The average Bonchev–Trinajstić information content (AvgIpc) is 2.68. The Morgan fingerprint density at radius 3 is 2.04 bits per heavy atom. The van der Waals surface area contributed by atoms with Crippen LogP contribution in [-0.2, 0) is 14.0 Å². The summed E-state index contributed by atoms with van der Waals surface area (Å²) in [4.78, 5) is 11.9. The molecule has 0 aromatic heterocycles. The van der Waals surface area contributed by atoms with Crippen LogP contribution in [0.4, 0.5) is 0 Å². The number of rotatable bonds is 6. The molecule has 28 heavy (non-hydrogen) atoms. The van der Waals surface area contributed by atoms with Crippen LogP contribution in [0.5, 0.6) is 0 Å². The highest BCUT2D eigenvalue weighted by Crippen LogP contribution is 2.36. The van der Waals surface area contributed by atoms with Gasteiger partial charge >= 0.3 is 0 Å². The molecule has 0 radical (unpaired) electrons. The van der Waals surface area contributed by atoms with Crippen LogP contribution in [0.25, 0.3) is 0 Å². The lowest BCUT2D eigenvalue weighted by Gasteiger charge is -2.43. The van der Waals surface area contributed by atoms with Gasteiger partial charge in [-0.3, -0.25) is 4.79 Å². The van der Waals surface area contributed by atoms with E-state index in [0.29, 0.717) is 13.2 Å². The van der Waals surface area contributed by atoms with Gasteiger partial charge in [0.05, 0.1) is 12.6 Å². The second kappa shape index (κ2) is 8.60. The third kappa shape index (κ3) is 4.22. The second-order valence-corrected chi connectivity index (χ2v) is 12.8. The molecule has 2 atom stereocenters. The maximum absolute atomic E-state index is 11.9. The Morgan fingerprint density at radius 1 is 1.04 bits per heavy atom. The maximum Gasteiger partial charge on any atom is 0.261 e. The molecule has 150 valence electrons. The number of hydrogen-bond acceptors (Lipinski definition) is 3. The Morgan fingerprint density at radius 2 is 1.57 bits per heavy atom. The van der Waals surface area contributed by atoms with Gasteiger partial charge in [0.15, 0.2) is 0 Å². The number of amides is 1. The van der Waals surface area contributed by atoms with Crippen LogP contribution in [0.15, 0.2) is 60.7 Å². The van der Waals surface area contributed by atoms with Crippen molar-refractivity contribution in [3.63, 3.8) is 0 Å². The minimum absolute atomic E-state index is 0.00177. The standard InChI is InChI=1S/C23H31NO3Si/c1-18-22(25)24-19(17-26-18)15-16-27-28(23(2,3)4,20-11-7-5-8-12-20)21-13-9-6-10-14-21/h5-14,18-19H,15-17H2,1-4H3,(H,24,25). The summed E-state index contributed by atoms with van der Waals surface area (Å²) in [5.41, 5.74) is 0. The molecule has 2 unspecified atom stereocenters. The highest BCUT2D eigenvalue weighted by Gasteiger charge is 2.50. The first-order valence-corrected chi connectivity index (χ1v) is 11.9. The molecule has 2 aromatic carbocycles. The van der Waals surface area contributed by atoms with E-state index in [1.807, 2.05) is 12.1 Å². The van der Waals surface area contributed by atoms with Gasteiger partial charge in [0.25, 0.3) is 8.32 Å². The number of benzene rings is 2. The van der Waals surface area contributed by atoms with Gasteiger partial charge in [-0.25, -0.2) is 0 Å². The molecule has 4 nitrogen and oxygen atoms in total. The topological polar surface area (TPSA) is 47.6 Å². The first kappa shape index (κ1) is 20.8. The molecule has 1 aliphatic rings. The average molecular weight is 398 g/mol. The van der Waals surface area contributed by atoms with Crippen LogP contribution in [0.3, 0.4) is 0 Å². The first-order chi connectivity index (χ1) is 13.3. The smallest absolute Gasteiger partial charge is 0.261 e. The fourth-order valence-electron chi connectivity index (χ4n) is 3.97. The Balaban J connectivity index is 1.87. The molecule has 5 heteroatoms. The molecule has 1 N–H and O–H groups in total. The molecule has 0 saturated carbocycles. The Kier molecular flexibility index (Phi) is 6.38. The van der Waals surface area contributed by atoms with Crippen molar-refractivity contribution in [1.29, 1.82) is 0 Å². The van der Waals surface area contributed by atoms with Gasteiger partial charge in [-0.15, -0.1) is 0 Å². The van der Waals surface area contributed by atoms with E-state index in [-0.39, 0.29) is 23.1 Å². The van der Waals surface area contributed by atoms with Crippen LogP contribution in [-0.4, -0.2) is 39.6 Å². The number of ether oxygens (including phenoxy) is 1. The van der Waals surface area contributed by atoms with Crippen LogP contribution < -0.4 is 15.7 Å². The zero-order valence-corrected chi connectivity index (χ0v) is 18.3. The van der Waals surface area contributed by atoms with Gasteiger partial charge in [-0.2, -0.15) is 0 Å². The lowest BCUT2D eigenvalue weighted by molar-refractivity contribution is -0.139. The van der Waals surface area contributed by atoms with Crippen molar-refractivity contribution in [2.24, 2.45) is 0 Å². The molecule has 1 amide bonds. The van der Waals surface area contributed by atoms with E-state index in [4.69, 9.17) is 9.16 Å². The van der Waals surface area contributed by atoms with Gasteiger partial charge < -0.3 is 14.5 Å². The number of morpholine rings is 1. The van der Waals surface area contributed by atoms with Gasteiger partial charge in [0.2, 0.25) is 5.91 Å². The summed E-state index contributed by atoms with van der Waals surface area (Å²) < 4.78 is 12.4. The lowest BCUT2D eigenvalue weighted by Crippen LogP contribution is -2.66. The largest absolute Gasteiger partial charge is 0.407 e. The van der Waals surface area contributed by atoms with Crippen LogP contribution in [0.2, 0.25) is 5.04 Å². The summed E-state index contributed by atoms with van der Waals surface area (Å²) in [6.07, 6.45) is 0.372. The summed E-state index contributed by atoms with van der Waals surface area (Å²) in [5, 5.41) is 5.54. The van der Waals surface area contributed by atoms with Crippen molar-refractivity contribution in [2.75, 3.05) is 13.2 Å². The predicted octanol–water partition coefficient (Wildman–Crippen LogP) is 2.86. The number of hydrogen-bond donors (Lipinski definition) is 1. The van der Waals surface area contributed by atoms with E-state index >= 15 is 0 Å². The number of nitrogens with one attached hydrogen (secondary N) is 1. The van der Waals surface area contributed by atoms with E-state index in [9.17, 15) is 4.79 Å². The van der Waals surface area contributed by atoms with E-state index in [1.54, 1.807) is 6.92 Å². The van der Waals surface area contributed by atoms with Crippen molar-refractivity contribution in [2.45, 2.75) is 51.3 Å². The van der Waals surface area contributed by atoms with Gasteiger partial charge in [-0.05, 0) is 28.8 Å². The molecular formula is C23H31NO3Si. The molecule has 0 spiro atoms. The molecular weight excluding hydrogens is 366 g/mol. The minimum atomic E-state index is -2.52. The van der Waals surface area contributed by atoms with Crippen LogP contribution in [0, 0.1) is 0 Å². The zero-order chi connectivity index (χ0) is 20.2. The van der Waals surface area contributed by atoms with Crippen LogP contribution in [0.1, 0.15) is 34.1 Å². The van der Waals surface area contributed by atoms with E-state index in [0.717, 1.165) is 6.42 Å². The summed E-state index contributed by atoms with van der Waals surface area (Å²) in [6.45, 7) is 9.71. The summed E-state index contributed by atoms with van der Waals surface area (Å²) in [6, 6.07) is 21.2. The fourth-order valence-corrected chi connectivity index (χ4v) is 8.55. The molecule has 0 aliphatic carbocycles. The highest BCUT2D eigenvalue weighted by molar-refractivity contribution is 6.99. The predicted molar refractivity (Wildman–Crippen MR) is 116 cm³/mol. The van der Waals surface area contributed by atoms with E-state index < -0.39 is 8.32 Å². The Bertz CT molecular complexity index is 734. The molecule has 1 fully saturated rings. The maximum atomic E-state index is 11.9. The van der Waals surface area contributed by atoms with Crippen LogP contribution >= 0.6 is 0 Å². The molecule has 2 aromatic rings. The molecule has 1 heterocycles. The summed E-state index contributed by atoms with van der Waals surface area (Å²) in [5.74, 6) is -0.0401. The van der Waals surface area contributed by atoms with Gasteiger partial charge in [0, 0.05) is 6.61 Å². The monoisotopic (exact) mass is 397 g/mol. The van der Waals surface area contributed by atoms with Gasteiger partial charge in [0.1, 0.15) is 6.10 Å². The fraction of sp³-hybridized carbons (Fsp3) is 0.435. The Labute approximate surface area is 169 Å². The third-order valence-electron chi connectivity index (χ3n) is 5.46. The quantitative estimate of drug-likeness (QED) is 0.763. The van der Waals surface area contributed by atoms with Crippen molar-refractivity contribution in [3.8, 4) is 0 Å². The molecule has 1 saturated heterocycles. The third-order valence-corrected chi connectivity index (χ3v) is 10.5. The normalized spacial score (nSPS) is 20.6.